The second-order valence-corrected chi connectivity index (χ2v) is 5.93. The Labute approximate surface area is 105 Å². The molecule has 2 rings (SSSR count). The van der Waals surface area contributed by atoms with Crippen LogP contribution >= 0.6 is 12.4 Å². The zero-order valence-electron chi connectivity index (χ0n) is 10.4. The molecule has 16 heavy (non-hydrogen) atoms. The summed E-state index contributed by atoms with van der Waals surface area (Å²) in [5.74, 6) is 0.739. The molecule has 0 bridgehead atoms. The lowest BCUT2D eigenvalue weighted by molar-refractivity contribution is 0.0236. The molecule has 1 saturated heterocycles. The van der Waals surface area contributed by atoms with Crippen LogP contribution in [0.4, 0.5) is 0 Å². The number of aliphatic hydroxyl groups is 1. The molecule has 0 aromatic rings. The maximum atomic E-state index is 9.24. The van der Waals surface area contributed by atoms with E-state index in [4.69, 9.17) is 0 Å². The predicted molar refractivity (Wildman–Crippen MR) is 69.1 cm³/mol. The minimum atomic E-state index is -0.00728. The van der Waals surface area contributed by atoms with Gasteiger partial charge in [0.1, 0.15) is 0 Å². The highest BCUT2D eigenvalue weighted by atomic mass is 35.5. The van der Waals surface area contributed by atoms with E-state index in [0.29, 0.717) is 5.41 Å². The van der Waals surface area contributed by atoms with Gasteiger partial charge in [-0.1, -0.05) is 6.92 Å². The van der Waals surface area contributed by atoms with Gasteiger partial charge in [0, 0.05) is 19.6 Å². The van der Waals surface area contributed by atoms with Crippen molar-refractivity contribution >= 4 is 12.4 Å². The van der Waals surface area contributed by atoms with Gasteiger partial charge in [-0.25, -0.2) is 0 Å². The van der Waals surface area contributed by atoms with E-state index in [0.717, 1.165) is 31.8 Å². The molecule has 2 N–H and O–H groups in total. The quantitative estimate of drug-likeness (QED) is 0.783. The van der Waals surface area contributed by atoms with Crippen molar-refractivity contribution in [3.8, 4) is 0 Å². The third kappa shape index (κ3) is 3.59. The van der Waals surface area contributed by atoms with Crippen LogP contribution in [0.15, 0.2) is 0 Å². The molecule has 0 aromatic heterocycles. The second kappa shape index (κ2) is 5.67. The summed E-state index contributed by atoms with van der Waals surface area (Å²) in [6, 6.07) is 0. The van der Waals surface area contributed by atoms with Gasteiger partial charge in [0.15, 0.2) is 0 Å². The lowest BCUT2D eigenvalue weighted by atomic mass is 9.81. The predicted octanol–water partition coefficient (Wildman–Crippen LogP) is 1.11. The number of rotatable bonds is 4. The number of hydrogen-bond donors (Lipinski definition) is 2. The molecule has 4 heteroatoms. The van der Waals surface area contributed by atoms with Gasteiger partial charge in [-0.15, -0.1) is 12.4 Å². The van der Waals surface area contributed by atoms with E-state index in [-0.39, 0.29) is 18.5 Å². The minimum Gasteiger partial charge on any atom is -0.393 e. The van der Waals surface area contributed by atoms with Crippen LogP contribution in [-0.4, -0.2) is 49.3 Å². The molecule has 0 spiro atoms. The van der Waals surface area contributed by atoms with Crippen molar-refractivity contribution in [2.75, 3.05) is 33.2 Å². The lowest BCUT2D eigenvalue weighted by Crippen LogP contribution is -2.41. The number of aliphatic hydroxyl groups excluding tert-OH is 1. The van der Waals surface area contributed by atoms with Gasteiger partial charge in [0.25, 0.3) is 0 Å². The van der Waals surface area contributed by atoms with E-state index in [1.165, 1.54) is 19.5 Å². The summed E-state index contributed by atoms with van der Waals surface area (Å²) < 4.78 is 0. The van der Waals surface area contributed by atoms with Gasteiger partial charge in [-0.05, 0) is 44.2 Å². The average Bonchev–Trinajstić information content (AvgIpc) is 2.49. The van der Waals surface area contributed by atoms with E-state index in [9.17, 15) is 5.11 Å². The van der Waals surface area contributed by atoms with E-state index >= 15 is 0 Å². The average molecular weight is 249 g/mol. The Balaban J connectivity index is 0.00000128. The summed E-state index contributed by atoms with van der Waals surface area (Å²) >= 11 is 0. The first kappa shape index (κ1) is 14.2. The molecule has 0 radical (unpaired) electrons. The van der Waals surface area contributed by atoms with Crippen LogP contribution in [0, 0.1) is 11.3 Å². The zero-order valence-corrected chi connectivity index (χ0v) is 11.2. The third-order valence-corrected chi connectivity index (χ3v) is 3.89. The first-order valence-electron chi connectivity index (χ1n) is 6.15. The Morgan fingerprint density at radius 2 is 2.12 bits per heavy atom. The summed E-state index contributed by atoms with van der Waals surface area (Å²) in [4.78, 5) is 2.45. The largest absolute Gasteiger partial charge is 0.393 e. The Bertz CT molecular complexity index is 213. The van der Waals surface area contributed by atoms with Crippen LogP contribution in [0.1, 0.15) is 26.2 Å². The highest BCUT2D eigenvalue weighted by Gasteiger charge is 2.32. The van der Waals surface area contributed by atoms with Gasteiger partial charge in [-0.3, -0.25) is 0 Å². The van der Waals surface area contributed by atoms with Gasteiger partial charge in [0.05, 0.1) is 6.10 Å². The molecule has 96 valence electrons. The van der Waals surface area contributed by atoms with Crippen molar-refractivity contribution in [1.29, 1.82) is 0 Å². The second-order valence-electron chi connectivity index (χ2n) is 5.93. The van der Waals surface area contributed by atoms with Gasteiger partial charge in [0.2, 0.25) is 0 Å². The van der Waals surface area contributed by atoms with Crippen LogP contribution < -0.4 is 5.32 Å². The topological polar surface area (TPSA) is 35.5 Å². The molecule has 2 aliphatic rings. The molecule has 1 aliphatic heterocycles. The van der Waals surface area contributed by atoms with Crippen molar-refractivity contribution in [3.05, 3.63) is 0 Å². The van der Waals surface area contributed by atoms with E-state index in [1.54, 1.807) is 0 Å². The van der Waals surface area contributed by atoms with Gasteiger partial charge < -0.3 is 15.3 Å². The molecule has 0 amide bonds. The van der Waals surface area contributed by atoms with Crippen molar-refractivity contribution < 1.29 is 5.11 Å². The van der Waals surface area contributed by atoms with E-state index in [2.05, 4.69) is 24.2 Å². The number of nitrogens with zero attached hydrogens (tertiary/aromatic N) is 1. The smallest absolute Gasteiger partial charge is 0.0546 e. The normalized spacial score (nSPS) is 38.2. The Morgan fingerprint density at radius 1 is 1.44 bits per heavy atom. The van der Waals surface area contributed by atoms with Crippen LogP contribution in [0.5, 0.6) is 0 Å². The lowest BCUT2D eigenvalue weighted by Gasteiger charge is -2.37. The first-order valence-corrected chi connectivity index (χ1v) is 6.15. The van der Waals surface area contributed by atoms with Crippen molar-refractivity contribution in [3.63, 3.8) is 0 Å². The number of hydrogen-bond acceptors (Lipinski definition) is 3. The van der Waals surface area contributed by atoms with Gasteiger partial charge in [-0.2, -0.15) is 0 Å². The van der Waals surface area contributed by atoms with E-state index in [1.807, 2.05) is 0 Å². The Hall–Kier alpha value is 0.170. The fourth-order valence-corrected chi connectivity index (χ4v) is 3.01. The fourth-order valence-electron chi connectivity index (χ4n) is 3.01. The molecule has 1 saturated carbocycles. The molecule has 0 aromatic carbocycles. The highest BCUT2D eigenvalue weighted by Crippen LogP contribution is 2.30. The first-order chi connectivity index (χ1) is 7.07. The fraction of sp³-hybridized carbons (Fsp3) is 1.00. The molecule has 1 unspecified atom stereocenters. The molecular formula is C12H25ClN2O. The standard InChI is InChI=1S/C12H24N2O.ClH/c1-12(3-4-13-8-12)9-14(2)7-10-5-11(15)6-10;/h10-11,13,15H,3-9H2,1-2H3;1H. The maximum absolute atomic E-state index is 9.24. The SMILES string of the molecule is CN(CC1CC(O)C1)CC1(C)CCNC1.Cl. The molecule has 2 fully saturated rings. The monoisotopic (exact) mass is 248 g/mol. The van der Waals surface area contributed by atoms with Gasteiger partial charge >= 0.3 is 0 Å². The van der Waals surface area contributed by atoms with Crippen LogP contribution in [0.3, 0.4) is 0 Å². The summed E-state index contributed by atoms with van der Waals surface area (Å²) in [6.07, 6.45) is 3.32. The molecule has 1 aliphatic carbocycles. The van der Waals surface area contributed by atoms with Crippen LogP contribution in [-0.2, 0) is 0 Å². The van der Waals surface area contributed by atoms with Crippen LogP contribution in [0.2, 0.25) is 0 Å². The minimum absolute atomic E-state index is 0. The van der Waals surface area contributed by atoms with Crippen LogP contribution in [0.25, 0.3) is 0 Å². The summed E-state index contributed by atoms with van der Waals surface area (Å²) in [6.45, 7) is 7.05. The summed E-state index contributed by atoms with van der Waals surface area (Å²) in [5, 5.41) is 12.7. The Kier molecular flexibility index (Phi) is 5.05. The molecule has 1 atom stereocenters. The number of nitrogens with one attached hydrogen (secondary N) is 1. The maximum Gasteiger partial charge on any atom is 0.0546 e. The molecular weight excluding hydrogens is 224 g/mol. The molecule has 3 nitrogen and oxygen atoms in total. The van der Waals surface area contributed by atoms with Crippen molar-refractivity contribution in [2.24, 2.45) is 11.3 Å². The summed E-state index contributed by atoms with van der Waals surface area (Å²) in [5.41, 5.74) is 0.469. The summed E-state index contributed by atoms with van der Waals surface area (Å²) in [7, 11) is 2.22. The number of halogens is 1. The highest BCUT2D eigenvalue weighted by molar-refractivity contribution is 5.85. The molecule has 1 heterocycles. The van der Waals surface area contributed by atoms with Crippen molar-refractivity contribution in [2.45, 2.75) is 32.3 Å². The van der Waals surface area contributed by atoms with E-state index < -0.39 is 0 Å². The Morgan fingerprint density at radius 3 is 2.62 bits per heavy atom. The zero-order chi connectivity index (χ0) is 10.9. The van der Waals surface area contributed by atoms with Crippen molar-refractivity contribution in [1.82, 2.24) is 10.2 Å². The third-order valence-electron chi connectivity index (χ3n) is 3.89.